The lowest BCUT2D eigenvalue weighted by molar-refractivity contribution is 0.101. The largest absolute Gasteiger partial charge is 0.317 e. The first-order valence-corrected chi connectivity index (χ1v) is 7.54. The average Bonchev–Trinajstić information content (AvgIpc) is 3.08. The van der Waals surface area contributed by atoms with Gasteiger partial charge in [0.1, 0.15) is 11.5 Å². The second-order valence-electron chi connectivity index (χ2n) is 5.59. The molecule has 7 heteroatoms. The number of anilines is 1. The monoisotopic (exact) mass is 327 g/mol. The van der Waals surface area contributed by atoms with Gasteiger partial charge in [0, 0.05) is 18.8 Å². The fourth-order valence-corrected chi connectivity index (χ4v) is 2.59. The van der Waals surface area contributed by atoms with Gasteiger partial charge in [-0.15, -0.1) is 0 Å². The highest BCUT2D eigenvalue weighted by Crippen LogP contribution is 2.21. The Morgan fingerprint density at radius 2 is 2.00 bits per heavy atom. The molecule has 0 saturated carbocycles. The summed E-state index contributed by atoms with van der Waals surface area (Å²) in [6.45, 7) is 3.96. The SMILES string of the molecule is Cc1nn(Cc2ccccc2F)c(C)c1NC(=O)c1ccnn1C. The summed E-state index contributed by atoms with van der Waals surface area (Å²) in [5.74, 6) is -0.530. The standard InChI is InChI=1S/C17H18FN5O/c1-11-16(20-17(24)15-8-9-19-22(15)3)12(2)23(21-11)10-13-6-4-5-7-14(13)18/h4-9H,10H2,1-3H3,(H,20,24). The third-order valence-electron chi connectivity index (χ3n) is 3.95. The van der Waals surface area contributed by atoms with Gasteiger partial charge in [0.15, 0.2) is 0 Å². The van der Waals surface area contributed by atoms with Gasteiger partial charge in [-0.3, -0.25) is 14.2 Å². The van der Waals surface area contributed by atoms with Gasteiger partial charge in [-0.1, -0.05) is 18.2 Å². The highest BCUT2D eigenvalue weighted by Gasteiger charge is 2.17. The maximum atomic E-state index is 13.8. The Bertz CT molecular complexity index is 896. The van der Waals surface area contributed by atoms with Gasteiger partial charge in [-0.05, 0) is 26.0 Å². The molecule has 2 aromatic heterocycles. The average molecular weight is 327 g/mol. The Balaban J connectivity index is 1.86. The summed E-state index contributed by atoms with van der Waals surface area (Å²) in [4.78, 5) is 12.4. The molecule has 0 atom stereocenters. The van der Waals surface area contributed by atoms with Crippen molar-refractivity contribution in [2.75, 3.05) is 5.32 Å². The van der Waals surface area contributed by atoms with Gasteiger partial charge in [0.05, 0.1) is 23.6 Å². The lowest BCUT2D eigenvalue weighted by atomic mass is 10.2. The second kappa shape index (κ2) is 6.27. The molecular weight excluding hydrogens is 309 g/mol. The van der Waals surface area contributed by atoms with E-state index in [1.807, 2.05) is 13.8 Å². The van der Waals surface area contributed by atoms with Crippen LogP contribution in [0.25, 0.3) is 0 Å². The number of nitrogens with one attached hydrogen (secondary N) is 1. The van der Waals surface area contributed by atoms with E-state index >= 15 is 0 Å². The Morgan fingerprint density at radius 1 is 1.25 bits per heavy atom. The van der Waals surface area contributed by atoms with E-state index in [0.717, 1.165) is 5.69 Å². The van der Waals surface area contributed by atoms with Crippen molar-refractivity contribution in [3.05, 3.63) is 65.0 Å². The molecule has 0 aliphatic carbocycles. The molecule has 0 saturated heterocycles. The fraction of sp³-hybridized carbons (Fsp3) is 0.235. The number of aryl methyl sites for hydroxylation is 2. The van der Waals surface area contributed by atoms with E-state index in [1.54, 1.807) is 42.2 Å². The van der Waals surface area contributed by atoms with Crippen LogP contribution in [0.15, 0.2) is 36.5 Å². The molecule has 0 bridgehead atoms. The molecule has 0 radical (unpaired) electrons. The molecule has 1 aromatic carbocycles. The van der Waals surface area contributed by atoms with Crippen LogP contribution in [-0.4, -0.2) is 25.5 Å². The van der Waals surface area contributed by atoms with Gasteiger partial charge in [0.2, 0.25) is 0 Å². The summed E-state index contributed by atoms with van der Waals surface area (Å²) in [6.07, 6.45) is 1.57. The predicted molar refractivity (Wildman–Crippen MR) is 88.4 cm³/mol. The van der Waals surface area contributed by atoms with E-state index in [2.05, 4.69) is 15.5 Å². The normalized spacial score (nSPS) is 10.8. The molecule has 1 amide bonds. The molecule has 0 aliphatic heterocycles. The number of aromatic nitrogens is 4. The maximum absolute atomic E-state index is 13.8. The first-order chi connectivity index (χ1) is 11.5. The molecule has 0 fully saturated rings. The first-order valence-electron chi connectivity index (χ1n) is 7.54. The summed E-state index contributed by atoms with van der Waals surface area (Å²) in [5.41, 5.74) is 3.09. The lowest BCUT2D eigenvalue weighted by Crippen LogP contribution is -2.17. The molecule has 1 N–H and O–H groups in total. The number of halogens is 1. The maximum Gasteiger partial charge on any atom is 0.274 e. The Morgan fingerprint density at radius 3 is 2.67 bits per heavy atom. The van der Waals surface area contributed by atoms with Gasteiger partial charge < -0.3 is 5.32 Å². The van der Waals surface area contributed by atoms with Crippen LogP contribution in [0.2, 0.25) is 0 Å². The molecule has 124 valence electrons. The van der Waals surface area contributed by atoms with Crippen molar-refractivity contribution in [1.82, 2.24) is 19.6 Å². The number of rotatable bonds is 4. The van der Waals surface area contributed by atoms with Gasteiger partial charge in [-0.2, -0.15) is 10.2 Å². The Labute approximate surface area is 138 Å². The topological polar surface area (TPSA) is 64.7 Å². The van der Waals surface area contributed by atoms with E-state index in [4.69, 9.17) is 0 Å². The number of amides is 1. The molecule has 24 heavy (non-hydrogen) atoms. The van der Waals surface area contributed by atoms with Crippen LogP contribution in [0, 0.1) is 19.7 Å². The molecule has 6 nitrogen and oxygen atoms in total. The predicted octanol–water partition coefficient (Wildman–Crippen LogP) is 2.67. The van der Waals surface area contributed by atoms with Crippen molar-refractivity contribution in [3.8, 4) is 0 Å². The third-order valence-corrected chi connectivity index (χ3v) is 3.95. The number of carbonyl (C=O) groups excluding carboxylic acids is 1. The molecular formula is C17H18FN5O. The number of benzene rings is 1. The lowest BCUT2D eigenvalue weighted by Gasteiger charge is -2.08. The van der Waals surface area contributed by atoms with Crippen LogP contribution in [0.3, 0.4) is 0 Å². The number of carbonyl (C=O) groups is 1. The summed E-state index contributed by atoms with van der Waals surface area (Å²) in [7, 11) is 1.70. The number of nitrogens with zero attached hydrogens (tertiary/aromatic N) is 4. The fourth-order valence-electron chi connectivity index (χ4n) is 2.59. The van der Waals surface area contributed by atoms with Crippen molar-refractivity contribution < 1.29 is 9.18 Å². The minimum atomic E-state index is -0.273. The van der Waals surface area contributed by atoms with E-state index in [0.29, 0.717) is 29.2 Å². The minimum absolute atomic E-state index is 0.258. The van der Waals surface area contributed by atoms with Gasteiger partial charge in [-0.25, -0.2) is 4.39 Å². The van der Waals surface area contributed by atoms with Crippen LogP contribution >= 0.6 is 0 Å². The molecule has 3 aromatic rings. The molecule has 0 unspecified atom stereocenters. The van der Waals surface area contributed by atoms with E-state index in [-0.39, 0.29) is 11.7 Å². The summed E-state index contributed by atoms with van der Waals surface area (Å²) < 4.78 is 17.0. The molecule has 3 rings (SSSR count). The van der Waals surface area contributed by atoms with E-state index in [9.17, 15) is 9.18 Å². The van der Waals surface area contributed by atoms with Crippen LogP contribution in [-0.2, 0) is 13.6 Å². The summed E-state index contributed by atoms with van der Waals surface area (Å²) in [5, 5.41) is 11.3. The Kier molecular flexibility index (Phi) is 4.16. The second-order valence-corrected chi connectivity index (χ2v) is 5.59. The van der Waals surface area contributed by atoms with Crippen LogP contribution in [0.1, 0.15) is 27.4 Å². The highest BCUT2D eigenvalue weighted by molar-refractivity contribution is 6.03. The van der Waals surface area contributed by atoms with Crippen molar-refractivity contribution >= 4 is 11.6 Å². The number of hydrogen-bond donors (Lipinski definition) is 1. The van der Waals surface area contributed by atoms with Gasteiger partial charge in [0.25, 0.3) is 5.91 Å². The zero-order valence-electron chi connectivity index (χ0n) is 13.7. The summed E-state index contributed by atoms with van der Waals surface area (Å²) >= 11 is 0. The van der Waals surface area contributed by atoms with E-state index < -0.39 is 0 Å². The zero-order valence-corrected chi connectivity index (χ0v) is 13.7. The quantitative estimate of drug-likeness (QED) is 0.801. The smallest absolute Gasteiger partial charge is 0.274 e. The zero-order chi connectivity index (χ0) is 17.3. The van der Waals surface area contributed by atoms with E-state index in [1.165, 1.54) is 10.7 Å². The first kappa shape index (κ1) is 15.9. The van der Waals surface area contributed by atoms with Crippen molar-refractivity contribution in [2.24, 2.45) is 7.05 Å². The van der Waals surface area contributed by atoms with Crippen molar-refractivity contribution in [3.63, 3.8) is 0 Å². The van der Waals surface area contributed by atoms with Crippen LogP contribution in [0.4, 0.5) is 10.1 Å². The van der Waals surface area contributed by atoms with Crippen molar-refractivity contribution in [1.29, 1.82) is 0 Å². The van der Waals surface area contributed by atoms with Crippen molar-refractivity contribution in [2.45, 2.75) is 20.4 Å². The van der Waals surface area contributed by atoms with Gasteiger partial charge >= 0.3 is 0 Å². The summed E-state index contributed by atoms with van der Waals surface area (Å²) in [6, 6.07) is 8.23. The third kappa shape index (κ3) is 2.92. The minimum Gasteiger partial charge on any atom is -0.317 e. The Hall–Kier alpha value is -2.96. The highest BCUT2D eigenvalue weighted by atomic mass is 19.1. The van der Waals surface area contributed by atoms with Crippen LogP contribution < -0.4 is 5.32 Å². The van der Waals surface area contributed by atoms with Crippen LogP contribution in [0.5, 0.6) is 0 Å². The number of hydrogen-bond acceptors (Lipinski definition) is 3. The molecule has 0 aliphatic rings. The molecule has 0 spiro atoms. The molecule has 2 heterocycles.